The molecule has 0 bridgehead atoms. The van der Waals surface area contributed by atoms with Gasteiger partial charge in [-0.05, 0) is 42.8 Å². The minimum atomic E-state index is -0.0993. The van der Waals surface area contributed by atoms with E-state index >= 15 is 0 Å². The molecule has 6 heteroatoms. The lowest BCUT2D eigenvalue weighted by Crippen LogP contribution is -2.50. The van der Waals surface area contributed by atoms with Gasteiger partial charge in [0.1, 0.15) is 12.4 Å². The van der Waals surface area contributed by atoms with Crippen molar-refractivity contribution in [2.75, 3.05) is 43.0 Å². The van der Waals surface area contributed by atoms with Crippen LogP contribution in [-0.4, -0.2) is 43.7 Å². The first-order valence-corrected chi connectivity index (χ1v) is 9.33. The van der Waals surface area contributed by atoms with Crippen LogP contribution in [0.4, 0.5) is 16.2 Å². The summed E-state index contributed by atoms with van der Waals surface area (Å²) in [5, 5.41) is 3.67. The second kappa shape index (κ2) is 8.82. The van der Waals surface area contributed by atoms with E-state index in [9.17, 15) is 4.79 Å². The number of rotatable bonds is 5. The number of nitrogens with one attached hydrogen (secondary N) is 1. The van der Waals surface area contributed by atoms with Crippen LogP contribution in [0.1, 0.15) is 6.92 Å². The van der Waals surface area contributed by atoms with Gasteiger partial charge in [0.15, 0.2) is 0 Å². The Morgan fingerprint density at radius 1 is 1.15 bits per heavy atom. The van der Waals surface area contributed by atoms with E-state index in [0.717, 1.165) is 35.1 Å². The average molecular weight is 386 g/mol. The second-order valence-electron chi connectivity index (χ2n) is 6.66. The van der Waals surface area contributed by atoms with Crippen molar-refractivity contribution < 1.29 is 9.53 Å². The highest BCUT2D eigenvalue weighted by Crippen LogP contribution is 2.22. The summed E-state index contributed by atoms with van der Waals surface area (Å²) < 4.78 is 5.63. The monoisotopic (exact) mass is 385 g/mol. The predicted octanol–water partition coefficient (Wildman–Crippen LogP) is 4.65. The van der Waals surface area contributed by atoms with E-state index in [-0.39, 0.29) is 6.03 Å². The highest BCUT2D eigenvalue weighted by atomic mass is 35.5. The molecular weight excluding hydrogens is 362 g/mol. The van der Waals surface area contributed by atoms with Crippen molar-refractivity contribution in [3.8, 4) is 5.75 Å². The van der Waals surface area contributed by atoms with Crippen LogP contribution in [0.3, 0.4) is 0 Å². The molecule has 142 valence electrons. The summed E-state index contributed by atoms with van der Waals surface area (Å²) in [5.41, 5.74) is 2.75. The maximum Gasteiger partial charge on any atom is 0.321 e. The first-order valence-electron chi connectivity index (χ1n) is 8.95. The molecule has 1 heterocycles. The number of carbonyl (C=O) groups excluding carboxylic acids is 1. The summed E-state index contributed by atoms with van der Waals surface area (Å²) in [5.74, 6) is 0.710. The van der Waals surface area contributed by atoms with Crippen LogP contribution in [0.5, 0.6) is 5.75 Å². The minimum absolute atomic E-state index is 0.0993. The highest BCUT2D eigenvalue weighted by molar-refractivity contribution is 6.30. The SMILES string of the molecule is C=C(C)COc1cccc(NC(=O)N2CCN(c3cccc(Cl)c3)CC2)c1. The van der Waals surface area contributed by atoms with Gasteiger partial charge in [0, 0.05) is 48.6 Å². The van der Waals surface area contributed by atoms with E-state index in [1.807, 2.05) is 60.4 Å². The van der Waals surface area contributed by atoms with E-state index in [4.69, 9.17) is 16.3 Å². The van der Waals surface area contributed by atoms with Gasteiger partial charge in [0.25, 0.3) is 0 Å². The average Bonchev–Trinajstić information content (AvgIpc) is 2.67. The number of anilines is 2. The number of amides is 2. The lowest BCUT2D eigenvalue weighted by Gasteiger charge is -2.36. The summed E-state index contributed by atoms with van der Waals surface area (Å²) in [6.45, 7) is 9.06. The number of halogens is 1. The van der Waals surface area contributed by atoms with Crippen LogP contribution in [0.15, 0.2) is 60.7 Å². The Balaban J connectivity index is 1.54. The quantitative estimate of drug-likeness (QED) is 0.762. The molecule has 1 fully saturated rings. The molecule has 1 saturated heterocycles. The van der Waals surface area contributed by atoms with Crippen LogP contribution in [-0.2, 0) is 0 Å². The van der Waals surface area contributed by atoms with Gasteiger partial charge in [0.05, 0.1) is 0 Å². The molecule has 5 nitrogen and oxygen atoms in total. The Kier molecular flexibility index (Phi) is 6.24. The Morgan fingerprint density at radius 2 is 1.89 bits per heavy atom. The number of hydrogen-bond donors (Lipinski definition) is 1. The molecule has 3 rings (SSSR count). The normalized spacial score (nSPS) is 14.0. The van der Waals surface area contributed by atoms with Crippen molar-refractivity contribution in [2.24, 2.45) is 0 Å². The topological polar surface area (TPSA) is 44.8 Å². The van der Waals surface area contributed by atoms with E-state index < -0.39 is 0 Å². The minimum Gasteiger partial charge on any atom is -0.489 e. The molecule has 0 atom stereocenters. The Hall–Kier alpha value is -2.66. The fraction of sp³-hybridized carbons (Fsp3) is 0.286. The molecular formula is C21H24ClN3O2. The van der Waals surface area contributed by atoms with E-state index in [1.54, 1.807) is 0 Å². The number of urea groups is 1. The van der Waals surface area contributed by atoms with Gasteiger partial charge >= 0.3 is 6.03 Å². The molecule has 1 aliphatic heterocycles. The van der Waals surface area contributed by atoms with Crippen molar-refractivity contribution in [3.63, 3.8) is 0 Å². The van der Waals surface area contributed by atoms with Crippen LogP contribution in [0, 0.1) is 0 Å². The molecule has 27 heavy (non-hydrogen) atoms. The molecule has 2 amide bonds. The van der Waals surface area contributed by atoms with Crippen LogP contribution >= 0.6 is 11.6 Å². The van der Waals surface area contributed by atoms with Gasteiger partial charge in [0.2, 0.25) is 0 Å². The zero-order chi connectivity index (χ0) is 19.2. The van der Waals surface area contributed by atoms with Gasteiger partial charge in [-0.2, -0.15) is 0 Å². The maximum atomic E-state index is 12.6. The number of hydrogen-bond acceptors (Lipinski definition) is 3. The molecule has 2 aromatic carbocycles. The van der Waals surface area contributed by atoms with Gasteiger partial charge in [-0.1, -0.05) is 30.3 Å². The number of benzene rings is 2. The van der Waals surface area contributed by atoms with Gasteiger partial charge in [-0.3, -0.25) is 0 Å². The second-order valence-corrected chi connectivity index (χ2v) is 7.09. The lowest BCUT2D eigenvalue weighted by atomic mass is 10.2. The van der Waals surface area contributed by atoms with Gasteiger partial charge < -0.3 is 19.9 Å². The Morgan fingerprint density at radius 3 is 2.59 bits per heavy atom. The molecule has 0 unspecified atom stereocenters. The summed E-state index contributed by atoms with van der Waals surface area (Å²) >= 11 is 6.07. The van der Waals surface area contributed by atoms with Crippen molar-refractivity contribution in [3.05, 3.63) is 65.7 Å². The molecule has 1 N–H and O–H groups in total. The molecule has 0 aromatic heterocycles. The standard InChI is InChI=1S/C21H24ClN3O2/c1-16(2)15-27-20-8-4-6-18(14-20)23-21(26)25-11-9-24(10-12-25)19-7-3-5-17(22)13-19/h3-8,13-14H,1,9-12,15H2,2H3,(H,23,26). The Labute approximate surface area is 165 Å². The third kappa shape index (κ3) is 5.41. The largest absolute Gasteiger partial charge is 0.489 e. The van der Waals surface area contributed by atoms with Crippen LogP contribution in [0.2, 0.25) is 5.02 Å². The smallest absolute Gasteiger partial charge is 0.321 e. The zero-order valence-corrected chi connectivity index (χ0v) is 16.2. The predicted molar refractivity (Wildman–Crippen MR) is 111 cm³/mol. The molecule has 2 aromatic rings. The zero-order valence-electron chi connectivity index (χ0n) is 15.5. The summed E-state index contributed by atoms with van der Waals surface area (Å²) in [6, 6.07) is 15.1. The van der Waals surface area contributed by atoms with Crippen molar-refractivity contribution in [1.82, 2.24) is 4.90 Å². The summed E-state index contributed by atoms with van der Waals surface area (Å²) in [7, 11) is 0. The van der Waals surface area contributed by atoms with E-state index in [0.29, 0.717) is 25.4 Å². The molecule has 0 radical (unpaired) electrons. The summed E-state index contributed by atoms with van der Waals surface area (Å²) in [4.78, 5) is 16.6. The highest BCUT2D eigenvalue weighted by Gasteiger charge is 2.21. The van der Waals surface area contributed by atoms with Crippen molar-refractivity contribution in [2.45, 2.75) is 6.92 Å². The molecule has 0 saturated carbocycles. The molecule has 0 aliphatic carbocycles. The Bertz CT molecular complexity index is 817. The van der Waals surface area contributed by atoms with E-state index in [2.05, 4.69) is 16.8 Å². The lowest BCUT2D eigenvalue weighted by molar-refractivity contribution is 0.208. The number of ether oxygens (including phenoxy) is 1. The van der Waals surface area contributed by atoms with Crippen LogP contribution in [0.25, 0.3) is 0 Å². The fourth-order valence-corrected chi connectivity index (χ4v) is 3.10. The van der Waals surface area contributed by atoms with Crippen molar-refractivity contribution in [1.29, 1.82) is 0 Å². The number of carbonyl (C=O) groups is 1. The number of nitrogens with zero attached hydrogens (tertiary/aromatic N) is 2. The third-order valence-electron chi connectivity index (χ3n) is 4.31. The van der Waals surface area contributed by atoms with Gasteiger partial charge in [-0.15, -0.1) is 0 Å². The van der Waals surface area contributed by atoms with Crippen molar-refractivity contribution >= 4 is 29.0 Å². The third-order valence-corrected chi connectivity index (χ3v) is 4.55. The summed E-state index contributed by atoms with van der Waals surface area (Å²) in [6.07, 6.45) is 0. The molecule has 0 spiro atoms. The fourth-order valence-electron chi connectivity index (χ4n) is 2.91. The van der Waals surface area contributed by atoms with E-state index in [1.165, 1.54) is 0 Å². The first-order chi connectivity index (χ1) is 13.0. The van der Waals surface area contributed by atoms with Gasteiger partial charge in [-0.25, -0.2) is 4.79 Å². The molecule has 1 aliphatic rings. The first kappa shape index (κ1) is 19.1. The van der Waals surface area contributed by atoms with Crippen LogP contribution < -0.4 is 15.0 Å². The maximum absolute atomic E-state index is 12.6. The number of piperazine rings is 1.